The molecule has 1 aliphatic rings. The Morgan fingerprint density at radius 1 is 1.26 bits per heavy atom. The van der Waals surface area contributed by atoms with Crippen molar-refractivity contribution in [3.8, 4) is 0 Å². The Morgan fingerprint density at radius 3 is 2.79 bits per heavy atom. The van der Waals surface area contributed by atoms with E-state index in [1.54, 1.807) is 0 Å². The highest BCUT2D eigenvalue weighted by Gasteiger charge is 2.35. The molecule has 2 rings (SSSR count). The lowest BCUT2D eigenvalue weighted by Gasteiger charge is -2.21. The molecule has 0 spiro atoms. The lowest BCUT2D eigenvalue weighted by molar-refractivity contribution is -0.0241. The van der Waals surface area contributed by atoms with Crippen molar-refractivity contribution in [2.24, 2.45) is 5.73 Å². The molecule has 106 valence electrons. The SMILES string of the molecule is CCCCC[C@@H]1OC[C@H](N)[C@@H]1OCc1ccccc1. The van der Waals surface area contributed by atoms with Gasteiger partial charge in [-0.2, -0.15) is 0 Å². The Balaban J connectivity index is 1.82. The Morgan fingerprint density at radius 2 is 2.05 bits per heavy atom. The second kappa shape index (κ2) is 7.63. The van der Waals surface area contributed by atoms with Gasteiger partial charge in [0.2, 0.25) is 0 Å². The first kappa shape index (κ1) is 14.5. The second-order valence-electron chi connectivity index (χ2n) is 5.29. The summed E-state index contributed by atoms with van der Waals surface area (Å²) in [6.07, 6.45) is 4.94. The first-order valence-electron chi connectivity index (χ1n) is 7.34. The molecule has 19 heavy (non-hydrogen) atoms. The van der Waals surface area contributed by atoms with E-state index in [-0.39, 0.29) is 18.2 Å². The molecule has 0 radical (unpaired) electrons. The number of hydrogen-bond donors (Lipinski definition) is 1. The van der Waals surface area contributed by atoms with E-state index in [2.05, 4.69) is 19.1 Å². The summed E-state index contributed by atoms with van der Waals surface area (Å²) in [4.78, 5) is 0. The zero-order valence-corrected chi connectivity index (χ0v) is 11.8. The molecule has 3 heteroatoms. The van der Waals surface area contributed by atoms with Crippen molar-refractivity contribution in [2.45, 2.75) is 57.5 Å². The van der Waals surface area contributed by atoms with Crippen LogP contribution in [0.2, 0.25) is 0 Å². The van der Waals surface area contributed by atoms with Crippen molar-refractivity contribution in [1.29, 1.82) is 0 Å². The predicted molar refractivity (Wildman–Crippen MR) is 76.9 cm³/mol. The molecule has 2 N–H and O–H groups in total. The van der Waals surface area contributed by atoms with Crippen molar-refractivity contribution < 1.29 is 9.47 Å². The molecule has 0 amide bonds. The molecule has 1 heterocycles. The molecule has 3 nitrogen and oxygen atoms in total. The van der Waals surface area contributed by atoms with E-state index in [0.717, 1.165) is 6.42 Å². The summed E-state index contributed by atoms with van der Waals surface area (Å²) in [5.41, 5.74) is 7.28. The minimum Gasteiger partial charge on any atom is -0.374 e. The minimum absolute atomic E-state index is 0.00957. The Kier molecular flexibility index (Phi) is 5.83. The van der Waals surface area contributed by atoms with Crippen LogP contribution >= 0.6 is 0 Å². The van der Waals surface area contributed by atoms with Crippen LogP contribution in [0.25, 0.3) is 0 Å². The highest BCUT2D eigenvalue weighted by molar-refractivity contribution is 5.13. The molecular weight excluding hydrogens is 238 g/mol. The molecule has 1 aromatic rings. The van der Waals surface area contributed by atoms with E-state index >= 15 is 0 Å². The molecule has 3 atom stereocenters. The average molecular weight is 263 g/mol. The summed E-state index contributed by atoms with van der Waals surface area (Å²) in [6, 6.07) is 10.2. The number of nitrogens with two attached hydrogens (primary N) is 1. The van der Waals surface area contributed by atoms with Crippen molar-refractivity contribution in [2.75, 3.05) is 6.61 Å². The third-order valence-electron chi connectivity index (χ3n) is 3.67. The summed E-state index contributed by atoms with van der Waals surface area (Å²) in [5.74, 6) is 0. The van der Waals surface area contributed by atoms with Gasteiger partial charge in [-0.25, -0.2) is 0 Å². The Hall–Kier alpha value is -0.900. The van der Waals surface area contributed by atoms with Gasteiger partial charge in [-0.05, 0) is 12.0 Å². The van der Waals surface area contributed by atoms with E-state index < -0.39 is 0 Å². The number of unbranched alkanes of at least 4 members (excludes halogenated alkanes) is 2. The van der Waals surface area contributed by atoms with Gasteiger partial charge in [0.25, 0.3) is 0 Å². The fourth-order valence-corrected chi connectivity index (χ4v) is 2.54. The standard InChI is InChI=1S/C16H25NO2/c1-2-3-5-10-15-16(14(17)12-18-15)19-11-13-8-6-4-7-9-13/h4,6-9,14-16H,2-3,5,10-12,17H2,1H3/t14-,15-,16-/m0/s1. The van der Waals surface area contributed by atoms with Crippen molar-refractivity contribution in [1.82, 2.24) is 0 Å². The fraction of sp³-hybridized carbons (Fsp3) is 0.625. The number of hydrogen-bond acceptors (Lipinski definition) is 3. The van der Waals surface area contributed by atoms with Gasteiger partial charge in [0, 0.05) is 0 Å². The van der Waals surface area contributed by atoms with Gasteiger partial charge in [-0.3, -0.25) is 0 Å². The topological polar surface area (TPSA) is 44.5 Å². The molecule has 0 bridgehead atoms. The smallest absolute Gasteiger partial charge is 0.101 e. The first-order chi connectivity index (χ1) is 9.31. The maximum Gasteiger partial charge on any atom is 0.101 e. The lowest BCUT2D eigenvalue weighted by Crippen LogP contribution is -2.39. The predicted octanol–water partition coefficient (Wildman–Crippen LogP) is 2.88. The molecule has 0 aliphatic carbocycles. The molecular formula is C16H25NO2. The average Bonchev–Trinajstić information content (AvgIpc) is 2.79. The van der Waals surface area contributed by atoms with Gasteiger partial charge in [0.15, 0.2) is 0 Å². The number of ether oxygens (including phenoxy) is 2. The zero-order valence-electron chi connectivity index (χ0n) is 11.8. The number of rotatable bonds is 7. The maximum atomic E-state index is 6.09. The fourth-order valence-electron chi connectivity index (χ4n) is 2.54. The largest absolute Gasteiger partial charge is 0.374 e. The van der Waals surface area contributed by atoms with Crippen LogP contribution < -0.4 is 5.73 Å². The van der Waals surface area contributed by atoms with Crippen LogP contribution in [0.3, 0.4) is 0 Å². The molecule has 0 unspecified atom stereocenters. The van der Waals surface area contributed by atoms with Crippen molar-refractivity contribution in [3.05, 3.63) is 35.9 Å². The summed E-state index contributed by atoms with van der Waals surface area (Å²) in [6.45, 7) is 3.45. The Labute approximate surface area is 116 Å². The molecule has 1 aliphatic heterocycles. The van der Waals surface area contributed by atoms with Gasteiger partial charge < -0.3 is 15.2 Å². The van der Waals surface area contributed by atoms with Crippen LogP contribution in [0.4, 0.5) is 0 Å². The van der Waals surface area contributed by atoms with E-state index in [0.29, 0.717) is 13.2 Å². The molecule has 1 aromatic carbocycles. The normalized spacial score (nSPS) is 26.7. The van der Waals surface area contributed by atoms with Gasteiger partial charge in [0.05, 0.1) is 25.4 Å². The highest BCUT2D eigenvalue weighted by Crippen LogP contribution is 2.22. The summed E-state index contributed by atoms with van der Waals surface area (Å²) < 4.78 is 11.8. The highest BCUT2D eigenvalue weighted by atomic mass is 16.6. The van der Waals surface area contributed by atoms with Crippen molar-refractivity contribution in [3.63, 3.8) is 0 Å². The second-order valence-corrected chi connectivity index (χ2v) is 5.29. The van der Waals surface area contributed by atoms with E-state index in [1.165, 1.54) is 24.8 Å². The van der Waals surface area contributed by atoms with Crippen LogP contribution in [0.15, 0.2) is 30.3 Å². The Bertz CT molecular complexity index is 355. The maximum absolute atomic E-state index is 6.09. The summed E-state index contributed by atoms with van der Waals surface area (Å²) in [7, 11) is 0. The van der Waals surface area contributed by atoms with E-state index in [1.807, 2.05) is 18.2 Å². The van der Waals surface area contributed by atoms with Gasteiger partial charge >= 0.3 is 0 Å². The van der Waals surface area contributed by atoms with Crippen LogP contribution in [0.5, 0.6) is 0 Å². The molecule has 0 aromatic heterocycles. The third-order valence-corrected chi connectivity index (χ3v) is 3.67. The lowest BCUT2D eigenvalue weighted by atomic mass is 10.0. The van der Waals surface area contributed by atoms with Crippen LogP contribution in [0, 0.1) is 0 Å². The minimum atomic E-state index is 0.00957. The summed E-state index contributed by atoms with van der Waals surface area (Å²) in [5, 5.41) is 0. The summed E-state index contributed by atoms with van der Waals surface area (Å²) >= 11 is 0. The van der Waals surface area contributed by atoms with Crippen molar-refractivity contribution >= 4 is 0 Å². The van der Waals surface area contributed by atoms with E-state index in [9.17, 15) is 0 Å². The van der Waals surface area contributed by atoms with E-state index in [4.69, 9.17) is 15.2 Å². The monoisotopic (exact) mass is 263 g/mol. The van der Waals surface area contributed by atoms with Gasteiger partial charge in [-0.1, -0.05) is 56.5 Å². The quantitative estimate of drug-likeness (QED) is 0.769. The molecule has 0 saturated carbocycles. The van der Waals surface area contributed by atoms with Crippen LogP contribution in [0.1, 0.15) is 38.2 Å². The van der Waals surface area contributed by atoms with Gasteiger partial charge in [-0.15, -0.1) is 0 Å². The third kappa shape index (κ3) is 4.30. The molecule has 1 saturated heterocycles. The zero-order chi connectivity index (χ0) is 13.5. The van der Waals surface area contributed by atoms with Crippen LogP contribution in [-0.2, 0) is 16.1 Å². The molecule has 1 fully saturated rings. The number of benzene rings is 1. The van der Waals surface area contributed by atoms with Crippen LogP contribution in [-0.4, -0.2) is 24.9 Å². The van der Waals surface area contributed by atoms with Gasteiger partial charge in [0.1, 0.15) is 6.10 Å². The first-order valence-corrected chi connectivity index (χ1v) is 7.34.